The average Bonchev–Trinajstić information content (AvgIpc) is 2.60. The molecule has 132 valence electrons. The first-order valence-corrected chi connectivity index (χ1v) is 8.26. The molecule has 1 aromatic rings. The van der Waals surface area contributed by atoms with E-state index in [-0.39, 0.29) is 12.3 Å². The molecule has 0 aromatic heterocycles. The van der Waals surface area contributed by atoms with Crippen LogP contribution in [0.4, 0.5) is 0 Å². The number of benzene rings is 1. The lowest BCUT2D eigenvalue weighted by Gasteiger charge is -2.38. The second kappa shape index (κ2) is 8.80. The standard InChI is InChI=1S/C18H25NO5/c1-19(11-5-8-16(20)21)17(22)18(9-12-23-13-10-18)24-14-15-6-3-2-4-7-15/h2-4,6-7H,5,8-14H2,1H3,(H,20,21). The number of ether oxygens (including phenoxy) is 2. The second-order valence-electron chi connectivity index (χ2n) is 6.10. The molecule has 1 N–H and O–H groups in total. The molecule has 6 nitrogen and oxygen atoms in total. The van der Waals surface area contributed by atoms with Gasteiger partial charge in [-0.25, -0.2) is 0 Å². The van der Waals surface area contributed by atoms with Crippen molar-refractivity contribution < 1.29 is 24.2 Å². The monoisotopic (exact) mass is 335 g/mol. The molecule has 24 heavy (non-hydrogen) atoms. The fraction of sp³-hybridized carbons (Fsp3) is 0.556. The predicted octanol–water partition coefficient (Wildman–Crippen LogP) is 2.08. The maximum Gasteiger partial charge on any atom is 0.303 e. The highest BCUT2D eigenvalue weighted by molar-refractivity contribution is 5.85. The highest BCUT2D eigenvalue weighted by Crippen LogP contribution is 2.29. The van der Waals surface area contributed by atoms with E-state index in [9.17, 15) is 9.59 Å². The lowest BCUT2D eigenvalue weighted by Crippen LogP contribution is -2.52. The quantitative estimate of drug-likeness (QED) is 0.787. The molecular weight excluding hydrogens is 310 g/mol. The van der Waals surface area contributed by atoms with Crippen molar-refractivity contribution in [2.24, 2.45) is 0 Å². The van der Waals surface area contributed by atoms with Crippen molar-refractivity contribution in [2.75, 3.05) is 26.8 Å². The van der Waals surface area contributed by atoms with Gasteiger partial charge in [0.2, 0.25) is 0 Å². The Hall–Kier alpha value is -1.92. The molecule has 6 heteroatoms. The molecule has 1 fully saturated rings. The lowest BCUT2D eigenvalue weighted by atomic mass is 9.92. The van der Waals surface area contributed by atoms with Gasteiger partial charge in [0, 0.05) is 46.1 Å². The van der Waals surface area contributed by atoms with Gasteiger partial charge in [0.15, 0.2) is 5.60 Å². The fourth-order valence-corrected chi connectivity index (χ4v) is 2.83. The Kier molecular flexibility index (Phi) is 6.75. The molecule has 0 aliphatic carbocycles. The van der Waals surface area contributed by atoms with Gasteiger partial charge in [0.1, 0.15) is 0 Å². The summed E-state index contributed by atoms with van der Waals surface area (Å²) < 4.78 is 11.5. The zero-order valence-corrected chi connectivity index (χ0v) is 14.1. The number of carboxylic acids is 1. The van der Waals surface area contributed by atoms with Crippen LogP contribution in [0.25, 0.3) is 0 Å². The highest BCUT2D eigenvalue weighted by atomic mass is 16.5. The third-order valence-electron chi connectivity index (χ3n) is 4.28. The Morgan fingerprint density at radius 1 is 1.25 bits per heavy atom. The SMILES string of the molecule is CN(CCCC(=O)O)C(=O)C1(OCc2ccccc2)CCOCC1. The molecule has 2 rings (SSSR count). The third kappa shape index (κ3) is 5.04. The first kappa shape index (κ1) is 18.4. The summed E-state index contributed by atoms with van der Waals surface area (Å²) in [5, 5.41) is 8.73. The van der Waals surface area contributed by atoms with Gasteiger partial charge < -0.3 is 19.5 Å². The number of nitrogens with zero attached hydrogens (tertiary/aromatic N) is 1. The number of carbonyl (C=O) groups excluding carboxylic acids is 1. The number of amides is 1. The Morgan fingerprint density at radius 3 is 2.54 bits per heavy atom. The second-order valence-corrected chi connectivity index (χ2v) is 6.10. The lowest BCUT2D eigenvalue weighted by molar-refractivity contribution is -0.173. The summed E-state index contributed by atoms with van der Waals surface area (Å²) in [6, 6.07) is 9.75. The van der Waals surface area contributed by atoms with E-state index in [0.29, 0.717) is 45.6 Å². The molecule has 1 heterocycles. The molecule has 0 saturated carbocycles. The van der Waals surface area contributed by atoms with E-state index >= 15 is 0 Å². The molecule has 1 aromatic carbocycles. The summed E-state index contributed by atoms with van der Waals surface area (Å²) in [4.78, 5) is 25.1. The van der Waals surface area contributed by atoms with Crippen LogP contribution in [-0.4, -0.2) is 54.3 Å². The Bertz CT molecular complexity index is 540. The van der Waals surface area contributed by atoms with E-state index in [0.717, 1.165) is 5.56 Å². The van der Waals surface area contributed by atoms with E-state index in [4.69, 9.17) is 14.6 Å². The summed E-state index contributed by atoms with van der Waals surface area (Å²) in [5.41, 5.74) is 0.135. The highest BCUT2D eigenvalue weighted by Gasteiger charge is 2.42. The summed E-state index contributed by atoms with van der Waals surface area (Å²) in [6.45, 7) is 1.75. The molecule has 1 amide bonds. The van der Waals surface area contributed by atoms with Crippen LogP contribution in [0.2, 0.25) is 0 Å². The topological polar surface area (TPSA) is 76.1 Å². The summed E-state index contributed by atoms with van der Waals surface area (Å²) in [6.07, 6.45) is 1.52. The molecule has 0 radical (unpaired) electrons. The fourth-order valence-electron chi connectivity index (χ4n) is 2.83. The van der Waals surface area contributed by atoms with Gasteiger partial charge in [-0.05, 0) is 12.0 Å². The van der Waals surface area contributed by atoms with Gasteiger partial charge in [-0.1, -0.05) is 30.3 Å². The van der Waals surface area contributed by atoms with E-state index in [1.54, 1.807) is 11.9 Å². The smallest absolute Gasteiger partial charge is 0.303 e. The zero-order valence-electron chi connectivity index (χ0n) is 14.1. The van der Waals surface area contributed by atoms with Crippen LogP contribution in [0.1, 0.15) is 31.2 Å². The molecule has 1 saturated heterocycles. The minimum Gasteiger partial charge on any atom is -0.481 e. The number of carbonyl (C=O) groups is 2. The van der Waals surface area contributed by atoms with Gasteiger partial charge in [-0.3, -0.25) is 9.59 Å². The van der Waals surface area contributed by atoms with Gasteiger partial charge in [0.25, 0.3) is 5.91 Å². The Morgan fingerprint density at radius 2 is 1.92 bits per heavy atom. The molecular formula is C18H25NO5. The van der Waals surface area contributed by atoms with Crippen molar-refractivity contribution in [1.82, 2.24) is 4.90 Å². The summed E-state index contributed by atoms with van der Waals surface area (Å²) >= 11 is 0. The van der Waals surface area contributed by atoms with Crippen molar-refractivity contribution >= 4 is 11.9 Å². The molecule has 0 spiro atoms. The van der Waals surface area contributed by atoms with Crippen LogP contribution in [0.3, 0.4) is 0 Å². The van der Waals surface area contributed by atoms with Crippen molar-refractivity contribution in [3.8, 4) is 0 Å². The zero-order chi connectivity index (χ0) is 17.4. The van der Waals surface area contributed by atoms with Crippen LogP contribution in [0.5, 0.6) is 0 Å². The Balaban J connectivity index is 2.00. The molecule has 0 atom stereocenters. The number of likely N-dealkylation sites (N-methyl/N-ethyl adjacent to an activating group) is 1. The predicted molar refractivity (Wildman–Crippen MR) is 88.5 cm³/mol. The van der Waals surface area contributed by atoms with E-state index in [1.165, 1.54) is 0 Å². The summed E-state index contributed by atoms with van der Waals surface area (Å²) in [5.74, 6) is -0.941. The number of rotatable bonds is 8. The normalized spacial score (nSPS) is 16.5. The van der Waals surface area contributed by atoms with Crippen LogP contribution in [0, 0.1) is 0 Å². The minimum absolute atomic E-state index is 0.0542. The number of carboxylic acid groups (broad SMARTS) is 1. The van der Waals surface area contributed by atoms with E-state index in [2.05, 4.69) is 0 Å². The van der Waals surface area contributed by atoms with Crippen molar-refractivity contribution in [2.45, 2.75) is 37.9 Å². The minimum atomic E-state index is -0.883. The van der Waals surface area contributed by atoms with Gasteiger partial charge in [0.05, 0.1) is 6.61 Å². The molecule has 0 unspecified atom stereocenters. The number of hydrogen-bond donors (Lipinski definition) is 1. The van der Waals surface area contributed by atoms with Crippen molar-refractivity contribution in [3.05, 3.63) is 35.9 Å². The van der Waals surface area contributed by atoms with Crippen LogP contribution in [0.15, 0.2) is 30.3 Å². The van der Waals surface area contributed by atoms with Crippen molar-refractivity contribution in [1.29, 1.82) is 0 Å². The molecule has 1 aliphatic heterocycles. The maximum atomic E-state index is 12.9. The average molecular weight is 335 g/mol. The number of hydrogen-bond acceptors (Lipinski definition) is 4. The maximum absolute atomic E-state index is 12.9. The van der Waals surface area contributed by atoms with Gasteiger partial charge in [-0.2, -0.15) is 0 Å². The molecule has 1 aliphatic rings. The Labute approximate surface area is 142 Å². The largest absolute Gasteiger partial charge is 0.481 e. The van der Waals surface area contributed by atoms with Crippen molar-refractivity contribution in [3.63, 3.8) is 0 Å². The van der Waals surface area contributed by atoms with Crippen LogP contribution < -0.4 is 0 Å². The third-order valence-corrected chi connectivity index (χ3v) is 4.28. The summed E-state index contributed by atoms with van der Waals surface area (Å²) in [7, 11) is 1.70. The van der Waals surface area contributed by atoms with Gasteiger partial charge in [-0.15, -0.1) is 0 Å². The van der Waals surface area contributed by atoms with Crippen LogP contribution >= 0.6 is 0 Å². The van der Waals surface area contributed by atoms with E-state index < -0.39 is 11.6 Å². The number of aliphatic carboxylic acids is 1. The van der Waals surface area contributed by atoms with E-state index in [1.807, 2.05) is 30.3 Å². The first-order valence-electron chi connectivity index (χ1n) is 8.26. The van der Waals surface area contributed by atoms with Gasteiger partial charge >= 0.3 is 5.97 Å². The van der Waals surface area contributed by atoms with Crippen LogP contribution in [-0.2, 0) is 25.7 Å². The molecule has 0 bridgehead atoms. The first-order chi connectivity index (χ1) is 11.5.